The molecule has 3 heterocycles. The standard InChI is InChI=1S/C31H34N4O6S/c1-5-41-30(38)26-27(21-10-7-6-8-11-21)32-31-35(28(26)23-12-9-13-24(39-3)29(23)40-4)22(19-42-31)18-25(37)34-16-14-33(15-17-34)20(2)36/h6-13,19,28H,5,14-18H2,1-4H3. The van der Waals surface area contributed by atoms with Crippen LogP contribution in [0.15, 0.2) is 70.2 Å². The Morgan fingerprint density at radius 1 is 0.952 bits per heavy atom. The summed E-state index contributed by atoms with van der Waals surface area (Å²) in [4.78, 5) is 49.5. The maximum absolute atomic E-state index is 13.8. The number of carbonyl (C=O) groups is 3. The minimum Gasteiger partial charge on any atom is -0.493 e. The number of hydrogen-bond donors (Lipinski definition) is 0. The molecule has 11 heteroatoms. The minimum absolute atomic E-state index is 0.00810. The molecular weight excluding hydrogens is 556 g/mol. The van der Waals surface area contributed by atoms with Gasteiger partial charge in [-0.1, -0.05) is 54.2 Å². The molecule has 0 spiro atoms. The van der Waals surface area contributed by atoms with Gasteiger partial charge in [-0.2, -0.15) is 0 Å². The lowest BCUT2D eigenvalue weighted by molar-refractivity contribution is -0.139. The molecule has 0 saturated carbocycles. The number of esters is 1. The van der Waals surface area contributed by atoms with Gasteiger partial charge < -0.3 is 28.9 Å². The van der Waals surface area contributed by atoms with Crippen molar-refractivity contribution in [1.82, 2.24) is 14.7 Å². The van der Waals surface area contributed by atoms with Crippen LogP contribution >= 0.6 is 11.8 Å². The Hall–Kier alpha value is -4.25. The summed E-state index contributed by atoms with van der Waals surface area (Å²) in [6.07, 6.45) is 0.103. The molecule has 1 atom stereocenters. The molecule has 3 aliphatic heterocycles. The van der Waals surface area contributed by atoms with Crippen LogP contribution in [-0.4, -0.2) is 84.7 Å². The second-order valence-electron chi connectivity index (χ2n) is 9.89. The quantitative estimate of drug-likeness (QED) is 0.425. The van der Waals surface area contributed by atoms with E-state index in [0.29, 0.717) is 65.4 Å². The highest BCUT2D eigenvalue weighted by Crippen LogP contribution is 2.50. The normalized spacial score (nSPS) is 18.3. The summed E-state index contributed by atoms with van der Waals surface area (Å²) in [7, 11) is 3.12. The maximum atomic E-state index is 13.8. The second-order valence-corrected chi connectivity index (χ2v) is 10.7. The van der Waals surface area contributed by atoms with Crippen LogP contribution in [0.3, 0.4) is 0 Å². The summed E-state index contributed by atoms with van der Waals surface area (Å²) in [5.41, 5.74) is 3.00. The van der Waals surface area contributed by atoms with Crippen molar-refractivity contribution in [2.75, 3.05) is 47.0 Å². The Labute approximate surface area is 249 Å². The third-order valence-electron chi connectivity index (χ3n) is 7.49. The van der Waals surface area contributed by atoms with Crippen LogP contribution in [0.2, 0.25) is 0 Å². The van der Waals surface area contributed by atoms with Gasteiger partial charge in [-0.15, -0.1) is 0 Å². The van der Waals surface area contributed by atoms with E-state index in [2.05, 4.69) is 0 Å². The number of piperazine rings is 1. The summed E-state index contributed by atoms with van der Waals surface area (Å²) < 4.78 is 17.1. The smallest absolute Gasteiger partial charge is 0.338 e. The number of hydrogen-bond acceptors (Lipinski definition) is 9. The zero-order valence-corrected chi connectivity index (χ0v) is 25.0. The van der Waals surface area contributed by atoms with Gasteiger partial charge in [0.2, 0.25) is 11.8 Å². The fraction of sp³-hybridized carbons (Fsp3) is 0.355. The molecule has 220 valence electrons. The molecule has 1 unspecified atom stereocenters. The van der Waals surface area contributed by atoms with Gasteiger partial charge in [0, 0.05) is 49.9 Å². The Kier molecular flexibility index (Phi) is 8.86. The molecule has 0 bridgehead atoms. The fourth-order valence-electron chi connectivity index (χ4n) is 5.45. The molecule has 0 aliphatic carbocycles. The van der Waals surface area contributed by atoms with Crippen molar-refractivity contribution in [2.45, 2.75) is 26.3 Å². The molecule has 1 fully saturated rings. The summed E-state index contributed by atoms with van der Waals surface area (Å²) in [5, 5.41) is 2.56. The van der Waals surface area contributed by atoms with Gasteiger partial charge in [0.15, 0.2) is 16.7 Å². The first-order valence-electron chi connectivity index (χ1n) is 13.8. The molecule has 0 aromatic heterocycles. The molecule has 2 aromatic rings. The summed E-state index contributed by atoms with van der Waals surface area (Å²) >= 11 is 1.41. The maximum Gasteiger partial charge on any atom is 0.338 e. The highest BCUT2D eigenvalue weighted by Gasteiger charge is 2.44. The summed E-state index contributed by atoms with van der Waals surface area (Å²) in [5.74, 6) is 0.438. The zero-order valence-electron chi connectivity index (χ0n) is 24.2. The molecule has 10 nitrogen and oxygen atoms in total. The number of benzene rings is 2. The van der Waals surface area contributed by atoms with E-state index >= 15 is 0 Å². The number of amides is 2. The Morgan fingerprint density at radius 3 is 2.31 bits per heavy atom. The van der Waals surface area contributed by atoms with Gasteiger partial charge in [-0.3, -0.25) is 9.59 Å². The van der Waals surface area contributed by atoms with Crippen molar-refractivity contribution in [2.24, 2.45) is 4.99 Å². The first kappa shape index (κ1) is 29.2. The van der Waals surface area contributed by atoms with Crippen molar-refractivity contribution < 1.29 is 28.6 Å². The number of thioether (sulfide) groups is 1. The van der Waals surface area contributed by atoms with Crippen LogP contribution < -0.4 is 9.47 Å². The van der Waals surface area contributed by atoms with E-state index < -0.39 is 12.0 Å². The zero-order chi connectivity index (χ0) is 29.8. The molecule has 0 N–H and O–H groups in total. The Balaban J connectivity index is 1.59. The number of fused-ring (bicyclic) bond motifs is 1. The first-order valence-corrected chi connectivity index (χ1v) is 14.7. The van der Waals surface area contributed by atoms with Gasteiger partial charge in [0.1, 0.15) is 0 Å². The number of nitrogens with zero attached hydrogens (tertiary/aromatic N) is 4. The van der Waals surface area contributed by atoms with E-state index in [9.17, 15) is 14.4 Å². The van der Waals surface area contributed by atoms with Crippen molar-refractivity contribution >= 4 is 40.4 Å². The van der Waals surface area contributed by atoms with Crippen LogP contribution in [0.25, 0.3) is 5.70 Å². The van der Waals surface area contributed by atoms with Gasteiger partial charge in [-0.25, -0.2) is 9.79 Å². The van der Waals surface area contributed by atoms with Crippen molar-refractivity contribution in [3.63, 3.8) is 0 Å². The van der Waals surface area contributed by atoms with E-state index in [4.69, 9.17) is 19.2 Å². The van der Waals surface area contributed by atoms with Crippen LogP contribution in [-0.2, 0) is 19.1 Å². The predicted molar refractivity (Wildman–Crippen MR) is 161 cm³/mol. The Bertz CT molecular complexity index is 1460. The minimum atomic E-state index is -0.708. The number of ether oxygens (including phenoxy) is 3. The fourth-order valence-corrected chi connectivity index (χ4v) is 6.37. The second kappa shape index (κ2) is 12.7. The first-order chi connectivity index (χ1) is 20.4. The molecular formula is C31H34N4O6S. The predicted octanol–water partition coefficient (Wildman–Crippen LogP) is 4.06. The number of amidine groups is 1. The monoisotopic (exact) mass is 590 g/mol. The number of para-hydroxylation sites is 1. The van der Waals surface area contributed by atoms with E-state index in [-0.39, 0.29) is 24.8 Å². The highest BCUT2D eigenvalue weighted by atomic mass is 32.2. The lowest BCUT2D eigenvalue weighted by atomic mass is 9.90. The van der Waals surface area contributed by atoms with Crippen molar-refractivity contribution in [3.8, 4) is 11.5 Å². The SMILES string of the molecule is CCOC(=O)C1=C(c2ccccc2)N=C2SC=C(CC(=O)N3CCN(C(C)=O)CC3)N2C1c1cccc(OC)c1OC. The topological polar surface area (TPSA) is 101 Å². The van der Waals surface area contributed by atoms with E-state index in [0.717, 1.165) is 5.56 Å². The number of rotatable bonds is 8. The molecule has 3 aliphatic rings. The largest absolute Gasteiger partial charge is 0.493 e. The molecule has 2 amide bonds. The van der Waals surface area contributed by atoms with E-state index in [1.54, 1.807) is 43.9 Å². The number of aliphatic imine (C=N–C) groups is 1. The highest BCUT2D eigenvalue weighted by molar-refractivity contribution is 8.16. The molecule has 5 rings (SSSR count). The summed E-state index contributed by atoms with van der Waals surface area (Å²) in [6, 6.07) is 14.3. The average molecular weight is 591 g/mol. The van der Waals surface area contributed by atoms with Gasteiger partial charge in [-0.05, 0) is 18.4 Å². The van der Waals surface area contributed by atoms with Crippen LogP contribution in [0, 0.1) is 0 Å². The van der Waals surface area contributed by atoms with Crippen LogP contribution in [0.1, 0.15) is 37.4 Å². The van der Waals surface area contributed by atoms with Crippen molar-refractivity contribution in [1.29, 1.82) is 0 Å². The van der Waals surface area contributed by atoms with E-state index in [1.807, 2.05) is 52.8 Å². The van der Waals surface area contributed by atoms with E-state index in [1.165, 1.54) is 11.8 Å². The molecule has 0 radical (unpaired) electrons. The number of methoxy groups -OCH3 is 2. The van der Waals surface area contributed by atoms with Crippen molar-refractivity contribution in [3.05, 3.63) is 76.3 Å². The summed E-state index contributed by atoms with van der Waals surface area (Å²) in [6.45, 7) is 5.45. The van der Waals surface area contributed by atoms with Gasteiger partial charge in [0.25, 0.3) is 0 Å². The van der Waals surface area contributed by atoms with Crippen LogP contribution in [0.5, 0.6) is 11.5 Å². The lowest BCUT2D eigenvalue weighted by Crippen LogP contribution is -2.50. The van der Waals surface area contributed by atoms with Gasteiger partial charge >= 0.3 is 5.97 Å². The van der Waals surface area contributed by atoms with Crippen LogP contribution in [0.4, 0.5) is 0 Å². The molecule has 1 saturated heterocycles. The Morgan fingerprint density at radius 2 is 1.67 bits per heavy atom. The third kappa shape index (κ3) is 5.61. The number of carbonyl (C=O) groups excluding carboxylic acids is 3. The average Bonchev–Trinajstić information content (AvgIpc) is 3.42. The van der Waals surface area contributed by atoms with Gasteiger partial charge in [0.05, 0.1) is 44.6 Å². The molecule has 2 aromatic carbocycles. The third-order valence-corrected chi connectivity index (χ3v) is 8.38. The molecule has 42 heavy (non-hydrogen) atoms. The lowest BCUT2D eigenvalue weighted by Gasteiger charge is -2.38.